The fraction of sp³-hybridized carbons (Fsp3) is 0.231. The molecule has 17 heavy (non-hydrogen) atoms. The highest BCUT2D eigenvalue weighted by Gasteiger charge is 1.98. The molecule has 4 heteroatoms. The van der Waals surface area contributed by atoms with E-state index in [4.69, 9.17) is 4.74 Å². The second-order valence-corrected chi connectivity index (χ2v) is 3.64. The fourth-order valence-corrected chi connectivity index (χ4v) is 1.42. The van der Waals surface area contributed by atoms with Crippen LogP contribution in [0.25, 0.3) is 0 Å². The first kappa shape index (κ1) is 11.5. The summed E-state index contributed by atoms with van der Waals surface area (Å²) in [5.41, 5.74) is 1.07. The average Bonchev–Trinajstić information content (AvgIpc) is 2.40. The Morgan fingerprint density at radius 2 is 1.82 bits per heavy atom. The summed E-state index contributed by atoms with van der Waals surface area (Å²) in [7, 11) is 1.90. The van der Waals surface area contributed by atoms with Crippen LogP contribution < -0.4 is 10.1 Å². The van der Waals surface area contributed by atoms with Crippen molar-refractivity contribution in [3.8, 4) is 5.75 Å². The predicted octanol–water partition coefficient (Wildman–Crippen LogP) is 1.77. The number of para-hydroxylation sites is 1. The van der Waals surface area contributed by atoms with E-state index < -0.39 is 0 Å². The van der Waals surface area contributed by atoms with Crippen LogP contribution in [0, 0.1) is 0 Å². The zero-order chi connectivity index (χ0) is 11.9. The Bertz CT molecular complexity index is 442. The second kappa shape index (κ2) is 5.96. The Balaban J connectivity index is 1.91. The summed E-state index contributed by atoms with van der Waals surface area (Å²) >= 11 is 0. The van der Waals surface area contributed by atoms with Gasteiger partial charge in [-0.25, -0.2) is 9.97 Å². The van der Waals surface area contributed by atoms with Gasteiger partial charge >= 0.3 is 0 Å². The predicted molar refractivity (Wildman–Crippen MR) is 65.6 cm³/mol. The molecule has 0 unspecified atom stereocenters. The Morgan fingerprint density at radius 1 is 1.12 bits per heavy atom. The summed E-state index contributed by atoms with van der Waals surface area (Å²) in [6, 6.07) is 9.65. The highest BCUT2D eigenvalue weighted by Crippen LogP contribution is 2.09. The van der Waals surface area contributed by atoms with Crippen LogP contribution in [-0.2, 0) is 13.2 Å². The highest BCUT2D eigenvalue weighted by molar-refractivity contribution is 5.21. The number of ether oxygens (including phenoxy) is 1. The summed E-state index contributed by atoms with van der Waals surface area (Å²) < 4.78 is 5.55. The molecule has 0 aliphatic heterocycles. The summed E-state index contributed by atoms with van der Waals surface area (Å²) in [4.78, 5) is 8.47. The average molecular weight is 229 g/mol. The minimum Gasteiger partial charge on any atom is -0.486 e. The Morgan fingerprint density at radius 3 is 2.47 bits per heavy atom. The zero-order valence-electron chi connectivity index (χ0n) is 9.76. The van der Waals surface area contributed by atoms with E-state index in [1.54, 1.807) is 0 Å². The van der Waals surface area contributed by atoms with Crippen molar-refractivity contribution in [2.24, 2.45) is 0 Å². The van der Waals surface area contributed by atoms with Gasteiger partial charge in [0.1, 0.15) is 12.4 Å². The number of nitrogens with zero attached hydrogens (tertiary/aromatic N) is 2. The summed E-state index contributed by atoms with van der Waals surface area (Å²) in [6.45, 7) is 1.17. The van der Waals surface area contributed by atoms with Crippen molar-refractivity contribution in [3.05, 3.63) is 54.1 Å². The van der Waals surface area contributed by atoms with Gasteiger partial charge in [-0.15, -0.1) is 0 Å². The summed E-state index contributed by atoms with van der Waals surface area (Å²) in [5, 5.41) is 3.05. The van der Waals surface area contributed by atoms with Gasteiger partial charge in [0, 0.05) is 24.5 Å². The molecule has 1 N–H and O–H groups in total. The lowest BCUT2D eigenvalue weighted by atomic mass is 10.3. The molecule has 2 rings (SSSR count). The number of benzene rings is 1. The van der Waals surface area contributed by atoms with Gasteiger partial charge in [0.25, 0.3) is 0 Å². The van der Waals surface area contributed by atoms with Crippen molar-refractivity contribution in [1.29, 1.82) is 0 Å². The van der Waals surface area contributed by atoms with Gasteiger partial charge in [0.15, 0.2) is 5.82 Å². The van der Waals surface area contributed by atoms with E-state index in [2.05, 4.69) is 15.3 Å². The monoisotopic (exact) mass is 229 g/mol. The molecular weight excluding hydrogens is 214 g/mol. The lowest BCUT2D eigenvalue weighted by Crippen LogP contribution is -2.07. The van der Waals surface area contributed by atoms with E-state index in [1.807, 2.05) is 49.8 Å². The molecule has 2 aromatic rings. The third-order valence-electron chi connectivity index (χ3n) is 2.25. The van der Waals surface area contributed by atoms with Crippen LogP contribution in [-0.4, -0.2) is 17.0 Å². The third-order valence-corrected chi connectivity index (χ3v) is 2.25. The SMILES string of the molecule is CNCc1cnc(COc2ccccc2)nc1. The third kappa shape index (κ3) is 3.53. The molecule has 0 spiro atoms. The van der Waals surface area contributed by atoms with Crippen molar-refractivity contribution in [3.63, 3.8) is 0 Å². The molecule has 0 saturated carbocycles. The molecule has 1 heterocycles. The van der Waals surface area contributed by atoms with Gasteiger partial charge in [0.2, 0.25) is 0 Å². The quantitative estimate of drug-likeness (QED) is 0.849. The van der Waals surface area contributed by atoms with E-state index in [9.17, 15) is 0 Å². The van der Waals surface area contributed by atoms with Gasteiger partial charge in [-0.2, -0.15) is 0 Å². The summed E-state index contributed by atoms with van der Waals surface area (Å²) in [5.74, 6) is 1.52. The van der Waals surface area contributed by atoms with Crippen LogP contribution in [0.15, 0.2) is 42.7 Å². The molecule has 0 amide bonds. The second-order valence-electron chi connectivity index (χ2n) is 3.64. The number of hydrogen-bond donors (Lipinski definition) is 1. The first-order valence-electron chi connectivity index (χ1n) is 5.51. The summed E-state index contributed by atoms with van der Waals surface area (Å²) in [6.07, 6.45) is 3.63. The lowest BCUT2D eigenvalue weighted by molar-refractivity contribution is 0.295. The zero-order valence-corrected chi connectivity index (χ0v) is 9.76. The Labute approximate surface area is 101 Å². The van der Waals surface area contributed by atoms with Crippen molar-refractivity contribution in [1.82, 2.24) is 15.3 Å². The van der Waals surface area contributed by atoms with E-state index >= 15 is 0 Å². The van der Waals surface area contributed by atoms with Gasteiger partial charge in [-0.05, 0) is 19.2 Å². The maximum atomic E-state index is 5.55. The molecule has 88 valence electrons. The van der Waals surface area contributed by atoms with E-state index in [0.717, 1.165) is 17.9 Å². The molecule has 0 saturated heterocycles. The Hall–Kier alpha value is -1.94. The smallest absolute Gasteiger partial charge is 0.166 e. The molecular formula is C13H15N3O. The first-order valence-corrected chi connectivity index (χ1v) is 5.51. The highest BCUT2D eigenvalue weighted by atomic mass is 16.5. The van der Waals surface area contributed by atoms with E-state index in [-0.39, 0.29) is 0 Å². The number of rotatable bonds is 5. The molecule has 0 aliphatic rings. The molecule has 0 aliphatic carbocycles. The lowest BCUT2D eigenvalue weighted by Gasteiger charge is -2.05. The van der Waals surface area contributed by atoms with Gasteiger partial charge < -0.3 is 10.1 Å². The minimum absolute atomic E-state index is 0.393. The van der Waals surface area contributed by atoms with Crippen LogP contribution in [0.2, 0.25) is 0 Å². The number of aromatic nitrogens is 2. The van der Waals surface area contributed by atoms with Crippen molar-refractivity contribution in [2.75, 3.05) is 7.05 Å². The standard InChI is InChI=1S/C13H15N3O/c1-14-7-11-8-15-13(16-9-11)10-17-12-5-3-2-4-6-12/h2-6,8-9,14H,7,10H2,1H3. The van der Waals surface area contributed by atoms with Crippen LogP contribution >= 0.6 is 0 Å². The molecule has 1 aromatic heterocycles. The number of nitrogens with one attached hydrogen (secondary N) is 1. The van der Waals surface area contributed by atoms with Crippen LogP contribution in [0.3, 0.4) is 0 Å². The molecule has 0 fully saturated rings. The molecule has 4 nitrogen and oxygen atoms in total. The molecule has 1 aromatic carbocycles. The molecule has 0 radical (unpaired) electrons. The largest absolute Gasteiger partial charge is 0.486 e. The fourth-order valence-electron chi connectivity index (χ4n) is 1.42. The van der Waals surface area contributed by atoms with Gasteiger partial charge in [-0.3, -0.25) is 0 Å². The first-order chi connectivity index (χ1) is 8.38. The van der Waals surface area contributed by atoms with Crippen molar-refractivity contribution >= 4 is 0 Å². The maximum absolute atomic E-state index is 5.55. The topological polar surface area (TPSA) is 47.0 Å². The van der Waals surface area contributed by atoms with Gasteiger partial charge in [-0.1, -0.05) is 18.2 Å². The van der Waals surface area contributed by atoms with Crippen LogP contribution in [0.5, 0.6) is 5.75 Å². The molecule has 0 atom stereocenters. The normalized spacial score (nSPS) is 10.2. The Kier molecular flexibility index (Phi) is 4.05. The van der Waals surface area contributed by atoms with Crippen LogP contribution in [0.1, 0.15) is 11.4 Å². The molecule has 0 bridgehead atoms. The number of hydrogen-bond acceptors (Lipinski definition) is 4. The van der Waals surface area contributed by atoms with Gasteiger partial charge in [0.05, 0.1) is 0 Å². The van der Waals surface area contributed by atoms with E-state index in [1.165, 1.54) is 0 Å². The van der Waals surface area contributed by atoms with Crippen LogP contribution in [0.4, 0.5) is 0 Å². The van der Waals surface area contributed by atoms with E-state index in [0.29, 0.717) is 12.4 Å². The van der Waals surface area contributed by atoms with Crippen molar-refractivity contribution < 1.29 is 4.74 Å². The van der Waals surface area contributed by atoms with Crippen molar-refractivity contribution in [2.45, 2.75) is 13.2 Å². The minimum atomic E-state index is 0.393. The maximum Gasteiger partial charge on any atom is 0.166 e.